The van der Waals surface area contributed by atoms with Gasteiger partial charge in [-0.2, -0.15) is 0 Å². The summed E-state index contributed by atoms with van der Waals surface area (Å²) in [6.07, 6.45) is 6.69. The third kappa shape index (κ3) is 4.67. The minimum absolute atomic E-state index is 0.0131. The highest BCUT2D eigenvalue weighted by atomic mass is 16.4. The Kier molecular flexibility index (Phi) is 5.63. The first-order valence-electron chi connectivity index (χ1n) is 6.94. The van der Waals surface area contributed by atoms with Crippen molar-refractivity contribution >= 4 is 11.9 Å². The summed E-state index contributed by atoms with van der Waals surface area (Å²) in [6, 6.07) is 0. The first-order valence-corrected chi connectivity index (χ1v) is 6.94. The summed E-state index contributed by atoms with van der Waals surface area (Å²) < 4.78 is 0. The van der Waals surface area contributed by atoms with E-state index in [0.29, 0.717) is 6.54 Å². The number of amides is 1. The smallest absolute Gasteiger partial charge is 0.303 e. The third-order valence-corrected chi connectivity index (χ3v) is 3.89. The van der Waals surface area contributed by atoms with Crippen LogP contribution in [0, 0.1) is 11.3 Å². The first-order chi connectivity index (χ1) is 8.44. The van der Waals surface area contributed by atoms with Crippen LogP contribution in [0.2, 0.25) is 0 Å². The Hall–Kier alpha value is -1.06. The molecule has 1 aliphatic rings. The zero-order valence-electron chi connectivity index (χ0n) is 11.5. The highest BCUT2D eigenvalue weighted by molar-refractivity contribution is 5.82. The van der Waals surface area contributed by atoms with Crippen molar-refractivity contribution in [2.75, 3.05) is 6.54 Å². The Morgan fingerprint density at radius 3 is 2.28 bits per heavy atom. The second-order valence-corrected chi connectivity index (χ2v) is 5.89. The molecule has 1 atom stereocenters. The molecule has 104 valence electrons. The molecule has 0 radical (unpaired) electrons. The predicted molar refractivity (Wildman–Crippen MR) is 70.2 cm³/mol. The SMILES string of the molecule is CC(CNC(=O)C1(C)CCCCCC1)CC(=O)O. The maximum absolute atomic E-state index is 12.2. The number of carboxylic acid groups (broad SMARTS) is 1. The molecule has 1 aliphatic carbocycles. The number of hydrogen-bond donors (Lipinski definition) is 2. The van der Waals surface area contributed by atoms with E-state index < -0.39 is 5.97 Å². The molecule has 1 rings (SSSR count). The molecule has 1 amide bonds. The Labute approximate surface area is 109 Å². The van der Waals surface area contributed by atoms with Crippen molar-refractivity contribution in [1.29, 1.82) is 0 Å². The lowest BCUT2D eigenvalue weighted by Gasteiger charge is -2.27. The molecule has 1 fully saturated rings. The second-order valence-electron chi connectivity index (χ2n) is 5.89. The summed E-state index contributed by atoms with van der Waals surface area (Å²) in [6.45, 7) is 4.35. The van der Waals surface area contributed by atoms with Gasteiger partial charge >= 0.3 is 5.97 Å². The van der Waals surface area contributed by atoms with Crippen LogP contribution in [0.5, 0.6) is 0 Å². The second kappa shape index (κ2) is 6.76. The molecule has 4 nitrogen and oxygen atoms in total. The Bertz CT molecular complexity index is 293. The summed E-state index contributed by atoms with van der Waals surface area (Å²) in [7, 11) is 0. The van der Waals surface area contributed by atoms with Gasteiger partial charge in [-0.1, -0.05) is 39.5 Å². The summed E-state index contributed by atoms with van der Waals surface area (Å²) in [5.74, 6) is -0.722. The summed E-state index contributed by atoms with van der Waals surface area (Å²) in [4.78, 5) is 22.8. The maximum Gasteiger partial charge on any atom is 0.303 e. The molecular formula is C14H25NO3. The van der Waals surface area contributed by atoms with Gasteiger partial charge in [-0.25, -0.2) is 0 Å². The molecule has 0 aromatic heterocycles. The van der Waals surface area contributed by atoms with Gasteiger partial charge in [0.15, 0.2) is 0 Å². The standard InChI is InChI=1S/C14H25NO3/c1-11(9-12(16)17)10-15-13(18)14(2)7-5-3-4-6-8-14/h11H,3-10H2,1-2H3,(H,15,18)(H,16,17). The average molecular weight is 255 g/mol. The van der Waals surface area contributed by atoms with Crippen molar-refractivity contribution in [3.8, 4) is 0 Å². The van der Waals surface area contributed by atoms with Gasteiger partial charge in [0.25, 0.3) is 0 Å². The van der Waals surface area contributed by atoms with E-state index in [1.165, 1.54) is 12.8 Å². The van der Waals surface area contributed by atoms with Crippen LogP contribution in [0.3, 0.4) is 0 Å². The van der Waals surface area contributed by atoms with E-state index >= 15 is 0 Å². The van der Waals surface area contributed by atoms with Crippen molar-refractivity contribution in [3.63, 3.8) is 0 Å². The minimum Gasteiger partial charge on any atom is -0.481 e. The number of carboxylic acids is 1. The number of aliphatic carboxylic acids is 1. The van der Waals surface area contributed by atoms with E-state index in [-0.39, 0.29) is 23.7 Å². The van der Waals surface area contributed by atoms with E-state index in [1.807, 2.05) is 13.8 Å². The van der Waals surface area contributed by atoms with Crippen molar-refractivity contribution in [3.05, 3.63) is 0 Å². The monoisotopic (exact) mass is 255 g/mol. The van der Waals surface area contributed by atoms with Gasteiger partial charge in [0.2, 0.25) is 5.91 Å². The molecule has 0 aliphatic heterocycles. The molecule has 0 aromatic carbocycles. The fourth-order valence-electron chi connectivity index (χ4n) is 2.59. The van der Waals surface area contributed by atoms with E-state index in [1.54, 1.807) is 0 Å². The van der Waals surface area contributed by atoms with Gasteiger partial charge in [-0.15, -0.1) is 0 Å². The van der Waals surface area contributed by atoms with E-state index in [4.69, 9.17) is 5.11 Å². The van der Waals surface area contributed by atoms with E-state index in [9.17, 15) is 9.59 Å². The highest BCUT2D eigenvalue weighted by Crippen LogP contribution is 2.34. The molecule has 2 N–H and O–H groups in total. The number of nitrogens with one attached hydrogen (secondary N) is 1. The van der Waals surface area contributed by atoms with Crippen LogP contribution in [0.25, 0.3) is 0 Å². The predicted octanol–water partition coefficient (Wildman–Crippen LogP) is 2.57. The van der Waals surface area contributed by atoms with Gasteiger partial charge < -0.3 is 10.4 Å². The Morgan fingerprint density at radius 2 is 1.78 bits per heavy atom. The molecule has 0 spiro atoms. The van der Waals surface area contributed by atoms with E-state index in [2.05, 4.69) is 5.32 Å². The Morgan fingerprint density at radius 1 is 1.22 bits per heavy atom. The van der Waals surface area contributed by atoms with Crippen LogP contribution in [-0.4, -0.2) is 23.5 Å². The number of carbonyl (C=O) groups excluding carboxylic acids is 1. The first kappa shape index (κ1) is 15.0. The van der Waals surface area contributed by atoms with Crippen molar-refractivity contribution in [1.82, 2.24) is 5.32 Å². The van der Waals surface area contributed by atoms with E-state index in [0.717, 1.165) is 25.7 Å². The molecule has 0 saturated heterocycles. The minimum atomic E-state index is -0.808. The van der Waals surface area contributed by atoms with Gasteiger partial charge in [-0.05, 0) is 18.8 Å². The number of carbonyl (C=O) groups is 2. The lowest BCUT2D eigenvalue weighted by molar-refractivity contribution is -0.138. The van der Waals surface area contributed by atoms with Crippen LogP contribution in [-0.2, 0) is 9.59 Å². The molecule has 0 aromatic rings. The molecule has 1 saturated carbocycles. The maximum atomic E-state index is 12.2. The fraction of sp³-hybridized carbons (Fsp3) is 0.857. The van der Waals surface area contributed by atoms with Crippen LogP contribution in [0.15, 0.2) is 0 Å². The molecule has 1 unspecified atom stereocenters. The third-order valence-electron chi connectivity index (χ3n) is 3.89. The molecule has 18 heavy (non-hydrogen) atoms. The van der Waals surface area contributed by atoms with Gasteiger partial charge in [0, 0.05) is 18.4 Å². The highest BCUT2D eigenvalue weighted by Gasteiger charge is 2.33. The topological polar surface area (TPSA) is 66.4 Å². The summed E-state index contributed by atoms with van der Waals surface area (Å²) in [5.41, 5.74) is -0.251. The molecule has 4 heteroatoms. The lowest BCUT2D eigenvalue weighted by atomic mass is 9.81. The number of rotatable bonds is 5. The molecular weight excluding hydrogens is 230 g/mol. The van der Waals surface area contributed by atoms with Crippen molar-refractivity contribution < 1.29 is 14.7 Å². The van der Waals surface area contributed by atoms with Crippen molar-refractivity contribution in [2.45, 2.75) is 58.8 Å². The number of hydrogen-bond acceptors (Lipinski definition) is 2. The van der Waals surface area contributed by atoms with Crippen molar-refractivity contribution in [2.24, 2.45) is 11.3 Å². The van der Waals surface area contributed by atoms with Crippen LogP contribution in [0.1, 0.15) is 58.8 Å². The van der Waals surface area contributed by atoms with Gasteiger partial charge in [0.05, 0.1) is 0 Å². The van der Waals surface area contributed by atoms with Crippen LogP contribution >= 0.6 is 0 Å². The quantitative estimate of drug-likeness (QED) is 0.742. The average Bonchev–Trinajstić information content (AvgIpc) is 2.51. The van der Waals surface area contributed by atoms with Crippen LogP contribution < -0.4 is 5.32 Å². The normalized spacial score (nSPS) is 20.8. The summed E-state index contributed by atoms with van der Waals surface area (Å²) >= 11 is 0. The fourth-order valence-corrected chi connectivity index (χ4v) is 2.59. The molecule has 0 heterocycles. The lowest BCUT2D eigenvalue weighted by Crippen LogP contribution is -2.40. The largest absolute Gasteiger partial charge is 0.481 e. The van der Waals surface area contributed by atoms with Crippen LogP contribution in [0.4, 0.5) is 0 Å². The van der Waals surface area contributed by atoms with Gasteiger partial charge in [-0.3, -0.25) is 9.59 Å². The van der Waals surface area contributed by atoms with Gasteiger partial charge in [0.1, 0.15) is 0 Å². The molecule has 0 bridgehead atoms. The zero-order valence-corrected chi connectivity index (χ0v) is 11.5. The Balaban J connectivity index is 2.41. The summed E-state index contributed by atoms with van der Waals surface area (Å²) in [5, 5.41) is 11.6. The zero-order chi connectivity index (χ0) is 13.6.